The number of nitrogens with one attached hydrogen (secondary N) is 1. The van der Waals surface area contributed by atoms with Crippen LogP contribution in [0.5, 0.6) is 0 Å². The molecule has 7 nitrogen and oxygen atoms in total. The molecule has 2 atom stereocenters. The Bertz CT molecular complexity index is 984. The SMILES string of the molecule is CC/C=C\C/C=C\C/C=C\C(CCCCCCCCC(=O)NC(CCCN)C(=O)O)OC(=O)CCCCCCC/C=C\C/C=C\CCCCCC. The van der Waals surface area contributed by atoms with E-state index in [-0.39, 0.29) is 18.0 Å². The normalized spacial score (nSPS) is 13.3. The third-order valence-corrected chi connectivity index (χ3v) is 8.80. The van der Waals surface area contributed by atoms with Crippen molar-refractivity contribution in [2.75, 3.05) is 6.54 Å². The van der Waals surface area contributed by atoms with Crippen LogP contribution in [-0.4, -0.2) is 41.6 Å². The third-order valence-electron chi connectivity index (χ3n) is 8.80. The van der Waals surface area contributed by atoms with Gasteiger partial charge < -0.3 is 20.9 Å². The Hall–Kier alpha value is -2.93. The molecule has 7 heteroatoms. The number of carboxylic acids is 1. The fraction of sp³-hybridized carbons (Fsp3) is 0.705. The van der Waals surface area contributed by atoms with Crippen LogP contribution in [0.1, 0.15) is 181 Å². The molecule has 2 unspecified atom stereocenters. The maximum absolute atomic E-state index is 12.7. The molecule has 0 aromatic rings. The van der Waals surface area contributed by atoms with Crippen molar-refractivity contribution in [2.24, 2.45) is 5.73 Å². The lowest BCUT2D eigenvalue weighted by Gasteiger charge is -2.15. The predicted octanol–water partition coefficient (Wildman–Crippen LogP) is 11.4. The van der Waals surface area contributed by atoms with E-state index in [0.29, 0.717) is 32.2 Å². The Balaban J connectivity index is 4.32. The Kier molecular flexibility index (Phi) is 36.1. The van der Waals surface area contributed by atoms with E-state index in [1.54, 1.807) is 0 Å². The zero-order valence-electron chi connectivity index (χ0n) is 32.7. The molecule has 292 valence electrons. The Morgan fingerprint density at radius 1 is 0.608 bits per heavy atom. The molecule has 0 rings (SSSR count). The number of hydrogen-bond acceptors (Lipinski definition) is 5. The van der Waals surface area contributed by atoms with Crippen LogP contribution in [0.25, 0.3) is 0 Å². The quantitative estimate of drug-likeness (QED) is 0.0338. The summed E-state index contributed by atoms with van der Waals surface area (Å²) in [7, 11) is 0. The van der Waals surface area contributed by atoms with Gasteiger partial charge >= 0.3 is 11.9 Å². The number of carboxylic acid groups (broad SMARTS) is 1. The molecule has 0 aliphatic rings. The van der Waals surface area contributed by atoms with E-state index in [0.717, 1.165) is 96.3 Å². The second-order valence-electron chi connectivity index (χ2n) is 13.7. The molecule has 0 aromatic carbocycles. The highest BCUT2D eigenvalue weighted by Crippen LogP contribution is 2.15. The first kappa shape index (κ1) is 48.1. The smallest absolute Gasteiger partial charge is 0.326 e. The molecule has 1 amide bonds. The molecule has 4 N–H and O–H groups in total. The van der Waals surface area contributed by atoms with Crippen molar-refractivity contribution in [1.29, 1.82) is 0 Å². The fourth-order valence-electron chi connectivity index (χ4n) is 5.71. The number of carbonyl (C=O) groups excluding carboxylic acids is 2. The summed E-state index contributed by atoms with van der Waals surface area (Å²) in [6.45, 7) is 4.79. The number of amides is 1. The van der Waals surface area contributed by atoms with Gasteiger partial charge in [0.1, 0.15) is 12.1 Å². The summed E-state index contributed by atoms with van der Waals surface area (Å²) in [5.74, 6) is -1.32. The second-order valence-corrected chi connectivity index (χ2v) is 13.7. The Morgan fingerprint density at radius 2 is 1.14 bits per heavy atom. The van der Waals surface area contributed by atoms with Crippen molar-refractivity contribution >= 4 is 17.8 Å². The number of ether oxygens (including phenoxy) is 1. The summed E-state index contributed by atoms with van der Waals surface area (Å²) in [6, 6.07) is -0.860. The Labute approximate surface area is 312 Å². The molecule has 0 aromatic heterocycles. The van der Waals surface area contributed by atoms with Crippen LogP contribution >= 0.6 is 0 Å². The average Bonchev–Trinajstić information content (AvgIpc) is 3.11. The number of carbonyl (C=O) groups is 3. The van der Waals surface area contributed by atoms with Crippen molar-refractivity contribution in [3.05, 3.63) is 60.8 Å². The molecular weight excluding hydrogens is 636 g/mol. The molecule has 0 saturated heterocycles. The van der Waals surface area contributed by atoms with Gasteiger partial charge in [0, 0.05) is 12.8 Å². The van der Waals surface area contributed by atoms with Crippen LogP contribution in [0.15, 0.2) is 60.8 Å². The second kappa shape index (κ2) is 38.3. The lowest BCUT2D eigenvalue weighted by molar-refractivity contribution is -0.147. The zero-order valence-corrected chi connectivity index (χ0v) is 32.7. The number of unbranched alkanes of at least 4 members (excludes halogenated alkanes) is 14. The van der Waals surface area contributed by atoms with Gasteiger partial charge in [0.25, 0.3) is 0 Å². The molecule has 0 radical (unpaired) electrons. The van der Waals surface area contributed by atoms with Gasteiger partial charge in [-0.1, -0.05) is 133 Å². The Morgan fingerprint density at radius 3 is 1.75 bits per heavy atom. The van der Waals surface area contributed by atoms with Crippen LogP contribution < -0.4 is 11.1 Å². The first-order valence-electron chi connectivity index (χ1n) is 20.6. The monoisotopic (exact) mass is 713 g/mol. The highest BCUT2D eigenvalue weighted by atomic mass is 16.5. The lowest BCUT2D eigenvalue weighted by atomic mass is 10.0. The van der Waals surface area contributed by atoms with Crippen LogP contribution in [0.4, 0.5) is 0 Å². The van der Waals surface area contributed by atoms with E-state index in [1.165, 1.54) is 44.9 Å². The zero-order chi connectivity index (χ0) is 37.5. The first-order valence-corrected chi connectivity index (χ1v) is 20.6. The molecule has 0 spiro atoms. The van der Waals surface area contributed by atoms with Gasteiger partial charge in [0.2, 0.25) is 5.91 Å². The number of nitrogens with two attached hydrogens (primary N) is 1. The summed E-state index contributed by atoms with van der Waals surface area (Å²) in [5, 5.41) is 11.9. The highest BCUT2D eigenvalue weighted by molar-refractivity contribution is 5.83. The van der Waals surface area contributed by atoms with Crippen LogP contribution in [0.3, 0.4) is 0 Å². The van der Waals surface area contributed by atoms with Gasteiger partial charge in [-0.05, 0) is 103 Å². The maximum atomic E-state index is 12.7. The molecular formula is C44H76N2O5. The maximum Gasteiger partial charge on any atom is 0.326 e. The van der Waals surface area contributed by atoms with Crippen molar-refractivity contribution in [1.82, 2.24) is 5.32 Å². The molecule has 0 aliphatic heterocycles. The van der Waals surface area contributed by atoms with E-state index in [1.807, 2.05) is 0 Å². The van der Waals surface area contributed by atoms with Crippen molar-refractivity contribution in [2.45, 2.75) is 193 Å². The number of esters is 1. The van der Waals surface area contributed by atoms with E-state index >= 15 is 0 Å². The standard InChI is InChI=1S/C44H76N2O5/c1-3-5-7-9-11-13-14-15-16-17-18-19-20-22-28-32-38-43(48)51-40(34-29-25-21-12-10-8-6-4-2)35-30-26-23-24-27-31-37-42(47)46-41(44(49)50)36-33-39-45/h6,8,12-14,16-17,21,29,34,40-41H,3-5,7,9-11,15,18-20,22-28,30-33,35-39,45H2,1-2H3,(H,46,47)(H,49,50)/b8-6-,14-13-,17-16-,21-12-,34-29-. The average molecular weight is 713 g/mol. The predicted molar refractivity (Wildman–Crippen MR) is 216 cm³/mol. The van der Waals surface area contributed by atoms with Gasteiger partial charge in [-0.2, -0.15) is 0 Å². The van der Waals surface area contributed by atoms with E-state index in [2.05, 4.69) is 79.9 Å². The minimum absolute atomic E-state index is 0.0994. The van der Waals surface area contributed by atoms with E-state index < -0.39 is 12.0 Å². The summed E-state index contributed by atoms with van der Waals surface area (Å²) < 4.78 is 5.91. The van der Waals surface area contributed by atoms with Crippen molar-refractivity contribution in [3.8, 4) is 0 Å². The molecule has 51 heavy (non-hydrogen) atoms. The van der Waals surface area contributed by atoms with Gasteiger partial charge in [0.05, 0.1) is 0 Å². The third kappa shape index (κ3) is 35.3. The topological polar surface area (TPSA) is 119 Å². The van der Waals surface area contributed by atoms with Crippen LogP contribution in [-0.2, 0) is 19.1 Å². The number of hydrogen-bond donors (Lipinski definition) is 3. The number of rotatable bonds is 36. The first-order chi connectivity index (χ1) is 24.9. The van der Waals surface area contributed by atoms with E-state index in [4.69, 9.17) is 10.5 Å². The minimum atomic E-state index is -1.01. The van der Waals surface area contributed by atoms with Crippen LogP contribution in [0, 0.1) is 0 Å². The van der Waals surface area contributed by atoms with Crippen LogP contribution in [0.2, 0.25) is 0 Å². The van der Waals surface area contributed by atoms with Gasteiger partial charge in [0.15, 0.2) is 0 Å². The van der Waals surface area contributed by atoms with E-state index in [9.17, 15) is 19.5 Å². The van der Waals surface area contributed by atoms with Gasteiger partial charge in [-0.25, -0.2) is 4.79 Å². The van der Waals surface area contributed by atoms with Crippen molar-refractivity contribution < 1.29 is 24.2 Å². The number of aliphatic carboxylic acids is 1. The summed E-state index contributed by atoms with van der Waals surface area (Å²) in [5.41, 5.74) is 5.47. The summed E-state index contributed by atoms with van der Waals surface area (Å²) >= 11 is 0. The van der Waals surface area contributed by atoms with Gasteiger partial charge in [-0.15, -0.1) is 0 Å². The molecule has 0 saturated carbocycles. The van der Waals surface area contributed by atoms with Gasteiger partial charge in [-0.3, -0.25) is 9.59 Å². The largest absolute Gasteiger partial charge is 0.480 e. The lowest BCUT2D eigenvalue weighted by Crippen LogP contribution is -2.40. The molecule has 0 bridgehead atoms. The summed E-state index contributed by atoms with van der Waals surface area (Å²) in [4.78, 5) is 36.2. The van der Waals surface area contributed by atoms with Crippen molar-refractivity contribution in [3.63, 3.8) is 0 Å². The molecule has 0 fully saturated rings. The highest BCUT2D eigenvalue weighted by Gasteiger charge is 2.18. The number of allylic oxidation sites excluding steroid dienone is 9. The summed E-state index contributed by atoms with van der Waals surface area (Å²) in [6.07, 6.45) is 47.1. The fourth-order valence-corrected chi connectivity index (χ4v) is 5.71. The minimum Gasteiger partial charge on any atom is -0.480 e. The molecule has 0 heterocycles. The molecule has 0 aliphatic carbocycles.